The average Bonchev–Trinajstić information content (AvgIpc) is 2.43. The molecule has 0 atom stereocenters. The zero-order valence-electron chi connectivity index (χ0n) is 14.0. The molecule has 0 aliphatic rings. The van der Waals surface area contributed by atoms with E-state index in [9.17, 15) is 19.2 Å². The lowest BCUT2D eigenvalue weighted by Crippen LogP contribution is -2.18. The summed E-state index contributed by atoms with van der Waals surface area (Å²) in [6, 6.07) is 0. The summed E-state index contributed by atoms with van der Waals surface area (Å²) < 4.78 is 13.8. The van der Waals surface area contributed by atoms with Gasteiger partial charge >= 0.3 is 17.9 Å². The molecule has 0 aliphatic carbocycles. The molecule has 0 aromatic heterocycles. The topological polar surface area (TPSA) is 96.0 Å². The fourth-order valence-corrected chi connectivity index (χ4v) is 0.960. The van der Waals surface area contributed by atoms with E-state index in [4.69, 9.17) is 4.74 Å². The molecular formula is C16H24O7. The third-order valence-corrected chi connectivity index (χ3v) is 1.82. The standard InChI is InChI=1S/C10H14O5.C6H10O2/c1-6(2)14-10(13)8(4)15-9(12)5-7(3)11;1-3-5-8-6(7)4-2/h6H,4-5H2,1-3H3;4H,2-3,5H2,1H3. The molecule has 0 fully saturated rings. The number of hydrogen-bond acceptors (Lipinski definition) is 7. The summed E-state index contributed by atoms with van der Waals surface area (Å²) in [5, 5.41) is 0. The van der Waals surface area contributed by atoms with Crippen molar-refractivity contribution in [3.63, 3.8) is 0 Å². The molecule has 0 amide bonds. The molecule has 0 aromatic rings. The fourth-order valence-electron chi connectivity index (χ4n) is 0.960. The molecule has 0 aromatic carbocycles. The van der Waals surface area contributed by atoms with Gasteiger partial charge in [-0.1, -0.05) is 13.5 Å². The minimum Gasteiger partial charge on any atom is -0.463 e. The van der Waals surface area contributed by atoms with Crippen molar-refractivity contribution in [3.05, 3.63) is 25.0 Å². The SMILES string of the molecule is C=C(OC(=O)CC(C)=O)C(=O)OC(C)C.C=CC(=O)OCCC. The molecular weight excluding hydrogens is 304 g/mol. The van der Waals surface area contributed by atoms with Crippen molar-refractivity contribution in [1.29, 1.82) is 0 Å². The minimum atomic E-state index is -0.812. The number of ketones is 1. The van der Waals surface area contributed by atoms with Crippen molar-refractivity contribution >= 4 is 23.7 Å². The Labute approximate surface area is 136 Å². The molecule has 23 heavy (non-hydrogen) atoms. The molecule has 0 radical (unpaired) electrons. The Bertz CT molecular complexity index is 449. The van der Waals surface area contributed by atoms with Crippen LogP contribution in [-0.4, -0.2) is 36.4 Å². The van der Waals surface area contributed by atoms with E-state index in [0.717, 1.165) is 12.5 Å². The molecule has 0 unspecified atom stereocenters. The van der Waals surface area contributed by atoms with E-state index in [1.165, 1.54) is 6.92 Å². The highest BCUT2D eigenvalue weighted by Crippen LogP contribution is 2.02. The Morgan fingerprint density at radius 1 is 1.17 bits per heavy atom. The molecule has 130 valence electrons. The van der Waals surface area contributed by atoms with Crippen LogP contribution in [0.4, 0.5) is 0 Å². The fraction of sp³-hybridized carbons (Fsp3) is 0.500. The quantitative estimate of drug-likeness (QED) is 0.221. The first-order valence-corrected chi connectivity index (χ1v) is 7.03. The third-order valence-electron chi connectivity index (χ3n) is 1.82. The van der Waals surface area contributed by atoms with Crippen LogP contribution in [0.3, 0.4) is 0 Å². The van der Waals surface area contributed by atoms with Crippen molar-refractivity contribution in [2.45, 2.75) is 46.6 Å². The van der Waals surface area contributed by atoms with Crippen LogP contribution in [0.15, 0.2) is 25.0 Å². The van der Waals surface area contributed by atoms with Crippen LogP contribution in [-0.2, 0) is 33.4 Å². The van der Waals surface area contributed by atoms with Crippen LogP contribution in [0.2, 0.25) is 0 Å². The third kappa shape index (κ3) is 15.8. The number of carbonyl (C=O) groups is 4. The van der Waals surface area contributed by atoms with Gasteiger partial charge in [0.05, 0.1) is 12.7 Å². The van der Waals surface area contributed by atoms with Gasteiger partial charge in [0.2, 0.25) is 5.76 Å². The van der Waals surface area contributed by atoms with Crippen molar-refractivity contribution in [2.75, 3.05) is 6.61 Å². The first kappa shape index (κ1) is 22.8. The largest absolute Gasteiger partial charge is 0.463 e. The Balaban J connectivity index is 0. The highest BCUT2D eigenvalue weighted by Gasteiger charge is 2.16. The predicted molar refractivity (Wildman–Crippen MR) is 83.2 cm³/mol. The maximum atomic E-state index is 11.1. The van der Waals surface area contributed by atoms with Crippen molar-refractivity contribution in [2.24, 2.45) is 0 Å². The summed E-state index contributed by atoms with van der Waals surface area (Å²) in [5.74, 6) is -2.71. The molecule has 0 bridgehead atoms. The smallest absolute Gasteiger partial charge is 0.373 e. The summed E-state index contributed by atoms with van der Waals surface area (Å²) in [6.45, 7) is 13.5. The van der Waals surface area contributed by atoms with Crippen LogP contribution >= 0.6 is 0 Å². The average molecular weight is 328 g/mol. The van der Waals surface area contributed by atoms with E-state index in [-0.39, 0.29) is 24.3 Å². The molecule has 0 aliphatic heterocycles. The van der Waals surface area contributed by atoms with E-state index >= 15 is 0 Å². The molecule has 7 nitrogen and oxygen atoms in total. The number of hydrogen-bond donors (Lipinski definition) is 0. The minimum absolute atomic E-state index is 0.319. The van der Waals surface area contributed by atoms with Gasteiger partial charge < -0.3 is 14.2 Å². The van der Waals surface area contributed by atoms with Gasteiger partial charge in [0.25, 0.3) is 0 Å². The maximum absolute atomic E-state index is 11.1. The number of Topliss-reactive ketones (excluding diaryl/α,β-unsaturated/α-hetero) is 1. The summed E-state index contributed by atoms with van der Waals surface area (Å²) >= 11 is 0. The highest BCUT2D eigenvalue weighted by molar-refractivity contribution is 5.96. The van der Waals surface area contributed by atoms with Gasteiger partial charge in [-0.3, -0.25) is 9.59 Å². The predicted octanol–water partition coefficient (Wildman–Crippen LogP) is 2.10. The maximum Gasteiger partial charge on any atom is 0.373 e. The van der Waals surface area contributed by atoms with Gasteiger partial charge in [-0.05, 0) is 33.8 Å². The summed E-state index contributed by atoms with van der Waals surface area (Å²) in [4.78, 5) is 42.8. The second kappa shape index (κ2) is 13.2. The molecule has 0 saturated carbocycles. The van der Waals surface area contributed by atoms with E-state index in [1.54, 1.807) is 13.8 Å². The molecule has 7 heteroatoms. The first-order valence-electron chi connectivity index (χ1n) is 7.03. The van der Waals surface area contributed by atoms with Crippen LogP contribution in [0.25, 0.3) is 0 Å². The summed E-state index contributed by atoms with van der Waals surface area (Å²) in [6.07, 6.45) is 1.32. The molecule has 0 saturated heterocycles. The van der Waals surface area contributed by atoms with E-state index in [1.807, 2.05) is 6.92 Å². The second-order valence-corrected chi connectivity index (χ2v) is 4.60. The zero-order valence-corrected chi connectivity index (χ0v) is 14.0. The van der Waals surface area contributed by atoms with Gasteiger partial charge in [0.1, 0.15) is 12.2 Å². The van der Waals surface area contributed by atoms with Gasteiger partial charge in [-0.15, -0.1) is 0 Å². The van der Waals surface area contributed by atoms with Gasteiger partial charge in [0.15, 0.2) is 0 Å². The van der Waals surface area contributed by atoms with E-state index in [0.29, 0.717) is 6.61 Å². The highest BCUT2D eigenvalue weighted by atomic mass is 16.6. The van der Waals surface area contributed by atoms with Gasteiger partial charge in [-0.25, -0.2) is 9.59 Å². The lowest BCUT2D eigenvalue weighted by Gasteiger charge is -2.09. The van der Waals surface area contributed by atoms with Crippen LogP contribution in [0, 0.1) is 0 Å². The second-order valence-electron chi connectivity index (χ2n) is 4.60. The molecule has 0 N–H and O–H groups in total. The normalized spacial score (nSPS) is 9.09. The Kier molecular flexibility index (Phi) is 13.1. The van der Waals surface area contributed by atoms with Gasteiger partial charge in [0, 0.05) is 6.08 Å². The lowest BCUT2D eigenvalue weighted by molar-refractivity contribution is -0.154. The molecule has 0 spiro atoms. The number of carbonyl (C=O) groups excluding carboxylic acids is 4. The first-order chi connectivity index (χ1) is 10.6. The molecule has 0 rings (SSSR count). The van der Waals surface area contributed by atoms with Crippen LogP contribution in [0.5, 0.6) is 0 Å². The summed E-state index contributed by atoms with van der Waals surface area (Å²) in [5.41, 5.74) is 0. The number of ether oxygens (including phenoxy) is 3. The van der Waals surface area contributed by atoms with E-state index in [2.05, 4.69) is 22.6 Å². The number of esters is 3. The Hall–Kier alpha value is -2.44. The Morgan fingerprint density at radius 3 is 2.13 bits per heavy atom. The number of rotatable bonds is 8. The van der Waals surface area contributed by atoms with Crippen LogP contribution in [0.1, 0.15) is 40.5 Å². The van der Waals surface area contributed by atoms with Crippen LogP contribution < -0.4 is 0 Å². The summed E-state index contributed by atoms with van der Waals surface area (Å²) in [7, 11) is 0. The van der Waals surface area contributed by atoms with E-state index < -0.39 is 17.7 Å². The zero-order chi connectivity index (χ0) is 18.4. The van der Waals surface area contributed by atoms with Crippen molar-refractivity contribution < 1.29 is 33.4 Å². The Morgan fingerprint density at radius 2 is 1.74 bits per heavy atom. The lowest BCUT2D eigenvalue weighted by atomic mass is 10.3. The molecule has 0 heterocycles. The van der Waals surface area contributed by atoms with Crippen molar-refractivity contribution in [1.82, 2.24) is 0 Å². The monoisotopic (exact) mass is 328 g/mol. The van der Waals surface area contributed by atoms with Crippen molar-refractivity contribution in [3.8, 4) is 0 Å². The van der Waals surface area contributed by atoms with Gasteiger partial charge in [-0.2, -0.15) is 0 Å².